The van der Waals surface area contributed by atoms with Gasteiger partial charge in [0.25, 0.3) is 0 Å². The van der Waals surface area contributed by atoms with Crippen LogP contribution < -0.4 is 0 Å². The first-order chi connectivity index (χ1) is 5.09. The van der Waals surface area contributed by atoms with E-state index < -0.39 is 0 Å². The molecule has 1 rings (SSSR count). The van der Waals surface area contributed by atoms with Gasteiger partial charge in [0.1, 0.15) is 0 Å². The second-order valence-corrected chi connectivity index (χ2v) is 3.63. The van der Waals surface area contributed by atoms with Crippen molar-refractivity contribution in [2.24, 2.45) is 5.92 Å². The van der Waals surface area contributed by atoms with Gasteiger partial charge in [0, 0.05) is 12.5 Å². The van der Waals surface area contributed by atoms with E-state index >= 15 is 0 Å². The molecule has 11 heavy (non-hydrogen) atoms. The zero-order valence-corrected chi connectivity index (χ0v) is 7.89. The third-order valence-electron chi connectivity index (χ3n) is 2.13. The number of nitrogens with zero attached hydrogens (tertiary/aromatic N) is 1. The van der Waals surface area contributed by atoms with Gasteiger partial charge >= 0.3 is 0 Å². The van der Waals surface area contributed by atoms with Gasteiger partial charge in [0.15, 0.2) is 0 Å². The highest BCUT2D eigenvalue weighted by Gasteiger charge is 2.11. The van der Waals surface area contributed by atoms with E-state index in [1.165, 1.54) is 11.1 Å². The summed E-state index contributed by atoms with van der Waals surface area (Å²) in [5.41, 5.74) is 2.88. The van der Waals surface area contributed by atoms with Gasteiger partial charge in [-0.2, -0.15) is 0 Å². The smallest absolute Gasteiger partial charge is 0.00856 e. The van der Waals surface area contributed by atoms with Gasteiger partial charge in [0.2, 0.25) is 0 Å². The SMILES string of the molecule is CC1=CC(CN(C)C)C=C1C. The normalized spacial score (nSPS) is 19.0. The van der Waals surface area contributed by atoms with Crippen molar-refractivity contribution in [2.75, 3.05) is 20.6 Å². The molecule has 0 saturated carbocycles. The van der Waals surface area contributed by atoms with Crippen LogP contribution in [0.25, 0.3) is 0 Å². The molecule has 0 spiro atoms. The molecule has 0 aromatic heterocycles. The molecule has 0 radical (unpaired) electrons. The van der Waals surface area contributed by atoms with Crippen molar-refractivity contribution in [3.05, 3.63) is 23.3 Å². The Morgan fingerprint density at radius 2 is 1.64 bits per heavy atom. The first-order valence-electron chi connectivity index (χ1n) is 4.11. The van der Waals surface area contributed by atoms with Crippen molar-refractivity contribution in [1.82, 2.24) is 4.90 Å². The fraction of sp³-hybridized carbons (Fsp3) is 0.600. The quantitative estimate of drug-likeness (QED) is 0.584. The van der Waals surface area contributed by atoms with E-state index in [-0.39, 0.29) is 0 Å². The Balaban J connectivity index is 2.54. The Hall–Kier alpha value is -0.560. The molecule has 62 valence electrons. The minimum atomic E-state index is 0.644. The molecule has 0 bridgehead atoms. The molecule has 0 amide bonds. The largest absolute Gasteiger partial charge is 0.309 e. The van der Waals surface area contributed by atoms with Crippen LogP contribution in [-0.2, 0) is 0 Å². The molecule has 0 N–H and O–H groups in total. The van der Waals surface area contributed by atoms with Crippen LogP contribution in [0.15, 0.2) is 23.3 Å². The molecule has 0 atom stereocenters. The average Bonchev–Trinajstić information content (AvgIpc) is 2.10. The predicted octanol–water partition coefficient (Wildman–Crippen LogP) is 2.07. The van der Waals surface area contributed by atoms with Gasteiger partial charge in [0.05, 0.1) is 0 Å². The lowest BCUT2D eigenvalue weighted by Gasteiger charge is -2.12. The zero-order chi connectivity index (χ0) is 8.43. The van der Waals surface area contributed by atoms with E-state index in [1.54, 1.807) is 0 Å². The maximum Gasteiger partial charge on any atom is 0.00856 e. The van der Waals surface area contributed by atoms with Crippen LogP contribution in [0.4, 0.5) is 0 Å². The number of hydrogen-bond acceptors (Lipinski definition) is 1. The van der Waals surface area contributed by atoms with Gasteiger partial charge in [-0.1, -0.05) is 23.3 Å². The van der Waals surface area contributed by atoms with Gasteiger partial charge in [-0.15, -0.1) is 0 Å². The molecule has 0 aromatic rings. The summed E-state index contributed by atoms with van der Waals surface area (Å²) < 4.78 is 0. The fourth-order valence-electron chi connectivity index (χ4n) is 1.48. The van der Waals surface area contributed by atoms with Gasteiger partial charge < -0.3 is 4.90 Å². The molecule has 1 nitrogen and oxygen atoms in total. The van der Waals surface area contributed by atoms with E-state index in [9.17, 15) is 0 Å². The zero-order valence-electron chi connectivity index (χ0n) is 7.89. The molecule has 0 aromatic carbocycles. The summed E-state index contributed by atoms with van der Waals surface area (Å²) in [6.07, 6.45) is 4.69. The Labute approximate surface area is 69.4 Å². The van der Waals surface area contributed by atoms with Crippen molar-refractivity contribution in [2.45, 2.75) is 13.8 Å². The summed E-state index contributed by atoms with van der Waals surface area (Å²) in [6, 6.07) is 0. The lowest BCUT2D eigenvalue weighted by molar-refractivity contribution is 0.386. The van der Waals surface area contributed by atoms with Gasteiger partial charge in [-0.3, -0.25) is 0 Å². The monoisotopic (exact) mass is 151 g/mol. The molecule has 0 saturated heterocycles. The van der Waals surface area contributed by atoms with Crippen LogP contribution in [0, 0.1) is 5.92 Å². The summed E-state index contributed by atoms with van der Waals surface area (Å²) in [6.45, 7) is 5.50. The second-order valence-electron chi connectivity index (χ2n) is 3.63. The van der Waals surface area contributed by atoms with Crippen LogP contribution in [-0.4, -0.2) is 25.5 Å². The first-order valence-corrected chi connectivity index (χ1v) is 4.11. The van der Waals surface area contributed by atoms with E-state index in [0.29, 0.717) is 5.92 Å². The van der Waals surface area contributed by atoms with Gasteiger partial charge in [-0.25, -0.2) is 0 Å². The summed E-state index contributed by atoms with van der Waals surface area (Å²) in [5, 5.41) is 0. The molecule has 0 unspecified atom stereocenters. The molecule has 0 aliphatic heterocycles. The van der Waals surface area contributed by atoms with Crippen molar-refractivity contribution >= 4 is 0 Å². The van der Waals surface area contributed by atoms with E-state index in [4.69, 9.17) is 0 Å². The minimum Gasteiger partial charge on any atom is -0.309 e. The predicted molar refractivity (Wildman–Crippen MR) is 49.6 cm³/mol. The lowest BCUT2D eigenvalue weighted by atomic mass is 10.1. The molecule has 0 heterocycles. The van der Waals surface area contributed by atoms with Crippen LogP contribution in [0.1, 0.15) is 13.8 Å². The number of rotatable bonds is 2. The maximum absolute atomic E-state index is 2.34. The van der Waals surface area contributed by atoms with E-state index in [0.717, 1.165) is 6.54 Å². The average molecular weight is 151 g/mol. The Kier molecular flexibility index (Phi) is 2.50. The van der Waals surface area contributed by atoms with Crippen molar-refractivity contribution in [3.8, 4) is 0 Å². The van der Waals surface area contributed by atoms with Crippen LogP contribution >= 0.6 is 0 Å². The van der Waals surface area contributed by atoms with Crippen molar-refractivity contribution in [3.63, 3.8) is 0 Å². The minimum absolute atomic E-state index is 0.644. The second kappa shape index (κ2) is 3.22. The molecule has 1 heteroatoms. The Bertz CT molecular complexity index is 181. The fourth-order valence-corrected chi connectivity index (χ4v) is 1.48. The summed E-state index contributed by atoms with van der Waals surface area (Å²) in [7, 11) is 4.23. The van der Waals surface area contributed by atoms with Crippen LogP contribution in [0.5, 0.6) is 0 Å². The molecular weight excluding hydrogens is 134 g/mol. The Morgan fingerprint density at radius 1 is 1.18 bits per heavy atom. The van der Waals surface area contributed by atoms with Crippen LogP contribution in [0.3, 0.4) is 0 Å². The standard InChI is InChI=1S/C10H17N/c1-8-5-10(6-9(8)2)7-11(3)4/h5-6,10H,7H2,1-4H3. The topological polar surface area (TPSA) is 3.24 Å². The highest BCUT2D eigenvalue weighted by atomic mass is 15.1. The lowest BCUT2D eigenvalue weighted by Crippen LogP contribution is -2.18. The van der Waals surface area contributed by atoms with Gasteiger partial charge in [-0.05, 0) is 27.9 Å². The molecule has 1 aliphatic rings. The Morgan fingerprint density at radius 3 is 2.00 bits per heavy atom. The summed E-state index contributed by atoms with van der Waals surface area (Å²) in [5.74, 6) is 0.644. The van der Waals surface area contributed by atoms with Crippen LogP contribution in [0.2, 0.25) is 0 Å². The highest BCUT2D eigenvalue weighted by Crippen LogP contribution is 2.22. The summed E-state index contributed by atoms with van der Waals surface area (Å²) in [4.78, 5) is 2.23. The molecule has 0 fully saturated rings. The highest BCUT2D eigenvalue weighted by molar-refractivity contribution is 5.35. The summed E-state index contributed by atoms with van der Waals surface area (Å²) >= 11 is 0. The maximum atomic E-state index is 2.34. The van der Waals surface area contributed by atoms with E-state index in [1.807, 2.05) is 0 Å². The molecule has 1 aliphatic carbocycles. The number of allylic oxidation sites excluding steroid dienone is 2. The van der Waals surface area contributed by atoms with Crippen molar-refractivity contribution < 1.29 is 0 Å². The van der Waals surface area contributed by atoms with Crippen molar-refractivity contribution in [1.29, 1.82) is 0 Å². The third-order valence-corrected chi connectivity index (χ3v) is 2.13. The van der Waals surface area contributed by atoms with E-state index in [2.05, 4.69) is 45.0 Å². The number of hydrogen-bond donors (Lipinski definition) is 0. The molecular formula is C10H17N. The first kappa shape index (κ1) is 8.54. The third kappa shape index (κ3) is 2.19.